The van der Waals surface area contributed by atoms with Crippen molar-refractivity contribution in [2.75, 3.05) is 13.2 Å². The third-order valence-electron chi connectivity index (χ3n) is 4.31. The van der Waals surface area contributed by atoms with Gasteiger partial charge in [0, 0.05) is 23.7 Å². The number of ether oxygens (including phenoxy) is 1. The van der Waals surface area contributed by atoms with Gasteiger partial charge in [0.05, 0.1) is 0 Å². The average molecular weight is 382 g/mol. The van der Waals surface area contributed by atoms with Crippen molar-refractivity contribution in [3.05, 3.63) is 65.2 Å². The van der Waals surface area contributed by atoms with Crippen molar-refractivity contribution in [1.82, 2.24) is 10.6 Å². The summed E-state index contributed by atoms with van der Waals surface area (Å²) in [6.45, 7) is 0.0779. The summed E-state index contributed by atoms with van der Waals surface area (Å²) in [5.74, 6) is -0.842. The maximum absolute atomic E-state index is 12.2. The number of carbonyl (C=O) groups excluding carboxylic acids is 2. The molecule has 0 unspecified atom stereocenters. The minimum atomic E-state index is -1.02. The fourth-order valence-corrected chi connectivity index (χ4v) is 2.59. The number of hydrogen-bond donors (Lipinski definition) is 3. The number of carboxylic acids is 1. The van der Waals surface area contributed by atoms with Gasteiger partial charge in [-0.2, -0.15) is 0 Å². The lowest BCUT2D eigenvalue weighted by Crippen LogP contribution is -2.27. The Kier molecular flexibility index (Phi) is 6.26. The van der Waals surface area contributed by atoms with Gasteiger partial charge >= 0.3 is 5.97 Å². The number of carboxylic acid groups (broad SMARTS) is 1. The first-order valence-corrected chi connectivity index (χ1v) is 9.14. The summed E-state index contributed by atoms with van der Waals surface area (Å²) < 4.78 is 5.08. The van der Waals surface area contributed by atoms with Crippen LogP contribution in [0.25, 0.3) is 0 Å². The third kappa shape index (κ3) is 5.84. The molecule has 28 heavy (non-hydrogen) atoms. The molecular weight excluding hydrogens is 360 g/mol. The summed E-state index contributed by atoms with van der Waals surface area (Å²) in [6, 6.07) is 14.0. The summed E-state index contributed by atoms with van der Waals surface area (Å²) in [6.07, 6.45) is 2.70. The first kappa shape index (κ1) is 19.4. The summed E-state index contributed by atoms with van der Waals surface area (Å²) >= 11 is 0. The number of nitrogens with one attached hydrogen (secondary N) is 2. The highest BCUT2D eigenvalue weighted by Gasteiger charge is 2.23. The number of hydrogen-bond acceptors (Lipinski definition) is 4. The molecular formula is C21H22N2O5. The maximum atomic E-state index is 12.2. The maximum Gasteiger partial charge on any atom is 0.341 e. The number of carbonyl (C=O) groups is 3. The smallest absolute Gasteiger partial charge is 0.341 e. The van der Waals surface area contributed by atoms with Crippen LogP contribution in [0.15, 0.2) is 48.5 Å². The number of benzene rings is 2. The van der Waals surface area contributed by atoms with Crippen molar-refractivity contribution in [3.8, 4) is 5.75 Å². The highest BCUT2D eigenvalue weighted by atomic mass is 16.5. The van der Waals surface area contributed by atoms with Gasteiger partial charge in [-0.3, -0.25) is 9.59 Å². The quantitative estimate of drug-likeness (QED) is 0.615. The second-order valence-corrected chi connectivity index (χ2v) is 6.66. The second kappa shape index (κ2) is 9.03. The topological polar surface area (TPSA) is 105 Å². The standard InChI is InChI=1S/C21H22N2O5/c24-19(25)13-28-18-9-1-14(2-10-18)11-12-22-20(26)15-3-5-16(6-4-15)21(27)23-17-7-8-17/h1-6,9-10,17H,7-8,11-13H2,(H,22,26)(H,23,27)(H,24,25). The number of amides is 2. The van der Waals surface area contributed by atoms with E-state index in [1.54, 1.807) is 36.4 Å². The van der Waals surface area contributed by atoms with Crippen LogP contribution in [0.4, 0.5) is 0 Å². The second-order valence-electron chi connectivity index (χ2n) is 6.66. The van der Waals surface area contributed by atoms with E-state index in [0.29, 0.717) is 35.9 Å². The lowest BCUT2D eigenvalue weighted by Gasteiger charge is -2.08. The van der Waals surface area contributed by atoms with E-state index in [1.807, 2.05) is 12.1 Å². The minimum absolute atomic E-state index is 0.106. The number of rotatable bonds is 9. The summed E-state index contributed by atoms with van der Waals surface area (Å²) in [5, 5.41) is 14.3. The molecule has 1 aliphatic carbocycles. The van der Waals surface area contributed by atoms with Crippen LogP contribution in [-0.4, -0.2) is 42.1 Å². The van der Waals surface area contributed by atoms with Crippen molar-refractivity contribution < 1.29 is 24.2 Å². The molecule has 0 aromatic heterocycles. The van der Waals surface area contributed by atoms with E-state index in [2.05, 4.69) is 10.6 Å². The largest absolute Gasteiger partial charge is 0.482 e. The molecule has 1 aliphatic rings. The molecule has 2 aromatic carbocycles. The molecule has 0 heterocycles. The van der Waals surface area contributed by atoms with Gasteiger partial charge in [-0.05, 0) is 61.2 Å². The molecule has 0 saturated heterocycles. The van der Waals surface area contributed by atoms with Crippen LogP contribution >= 0.6 is 0 Å². The fourth-order valence-electron chi connectivity index (χ4n) is 2.59. The molecule has 1 fully saturated rings. The minimum Gasteiger partial charge on any atom is -0.482 e. The van der Waals surface area contributed by atoms with Crippen molar-refractivity contribution in [1.29, 1.82) is 0 Å². The molecule has 1 saturated carbocycles. The molecule has 2 amide bonds. The Labute approximate surface area is 162 Å². The van der Waals surface area contributed by atoms with Crippen LogP contribution in [0.1, 0.15) is 39.1 Å². The SMILES string of the molecule is O=C(O)COc1ccc(CCNC(=O)c2ccc(C(=O)NC3CC3)cc2)cc1. The zero-order valence-corrected chi connectivity index (χ0v) is 15.3. The van der Waals surface area contributed by atoms with Crippen LogP contribution in [0.5, 0.6) is 5.75 Å². The van der Waals surface area contributed by atoms with Gasteiger partial charge in [0.1, 0.15) is 5.75 Å². The molecule has 0 bridgehead atoms. The molecule has 0 radical (unpaired) electrons. The zero-order valence-electron chi connectivity index (χ0n) is 15.3. The van der Waals surface area contributed by atoms with E-state index in [-0.39, 0.29) is 18.4 Å². The van der Waals surface area contributed by atoms with Gasteiger partial charge in [0.25, 0.3) is 11.8 Å². The Morgan fingerprint density at radius 1 is 0.929 bits per heavy atom. The highest BCUT2D eigenvalue weighted by Crippen LogP contribution is 2.19. The van der Waals surface area contributed by atoms with Crippen molar-refractivity contribution in [2.24, 2.45) is 0 Å². The van der Waals surface area contributed by atoms with E-state index in [9.17, 15) is 14.4 Å². The van der Waals surface area contributed by atoms with Crippen LogP contribution in [0, 0.1) is 0 Å². The molecule has 7 nitrogen and oxygen atoms in total. The highest BCUT2D eigenvalue weighted by molar-refractivity contribution is 5.98. The Bertz CT molecular complexity index is 842. The van der Waals surface area contributed by atoms with Crippen molar-refractivity contribution in [3.63, 3.8) is 0 Å². The average Bonchev–Trinajstić information content (AvgIpc) is 3.51. The Hall–Kier alpha value is -3.35. The van der Waals surface area contributed by atoms with Crippen LogP contribution in [0.2, 0.25) is 0 Å². The van der Waals surface area contributed by atoms with Crippen LogP contribution in [0.3, 0.4) is 0 Å². The van der Waals surface area contributed by atoms with E-state index in [1.165, 1.54) is 0 Å². The summed E-state index contributed by atoms with van der Waals surface area (Å²) in [7, 11) is 0. The molecule has 2 aromatic rings. The Morgan fingerprint density at radius 3 is 2.11 bits per heavy atom. The molecule has 0 atom stereocenters. The van der Waals surface area contributed by atoms with Gasteiger partial charge in [-0.1, -0.05) is 12.1 Å². The van der Waals surface area contributed by atoms with Gasteiger partial charge in [0.15, 0.2) is 6.61 Å². The third-order valence-corrected chi connectivity index (χ3v) is 4.31. The number of aliphatic carboxylic acids is 1. The predicted octanol–water partition coefficient (Wildman–Crippen LogP) is 2.01. The molecule has 0 spiro atoms. The summed E-state index contributed by atoms with van der Waals surface area (Å²) in [5.41, 5.74) is 2.05. The van der Waals surface area contributed by atoms with Gasteiger partial charge in [-0.25, -0.2) is 4.79 Å². The first-order valence-electron chi connectivity index (χ1n) is 9.14. The fraction of sp³-hybridized carbons (Fsp3) is 0.286. The monoisotopic (exact) mass is 382 g/mol. The van der Waals surface area contributed by atoms with E-state index in [4.69, 9.17) is 9.84 Å². The lowest BCUT2D eigenvalue weighted by atomic mass is 10.1. The van der Waals surface area contributed by atoms with Gasteiger partial charge in [0.2, 0.25) is 0 Å². The van der Waals surface area contributed by atoms with Gasteiger partial charge in [-0.15, -0.1) is 0 Å². The van der Waals surface area contributed by atoms with E-state index >= 15 is 0 Å². The van der Waals surface area contributed by atoms with Crippen molar-refractivity contribution >= 4 is 17.8 Å². The normalized spacial score (nSPS) is 12.9. The van der Waals surface area contributed by atoms with Crippen molar-refractivity contribution in [2.45, 2.75) is 25.3 Å². The molecule has 7 heteroatoms. The van der Waals surface area contributed by atoms with Crippen LogP contribution < -0.4 is 15.4 Å². The van der Waals surface area contributed by atoms with E-state index in [0.717, 1.165) is 18.4 Å². The zero-order chi connectivity index (χ0) is 19.9. The Balaban J connectivity index is 1.43. The van der Waals surface area contributed by atoms with E-state index < -0.39 is 5.97 Å². The predicted molar refractivity (Wildman–Crippen MR) is 103 cm³/mol. The molecule has 3 N–H and O–H groups in total. The first-order chi connectivity index (χ1) is 13.5. The molecule has 3 rings (SSSR count). The summed E-state index contributed by atoms with van der Waals surface area (Å²) in [4.78, 5) is 34.6. The molecule has 0 aliphatic heterocycles. The van der Waals surface area contributed by atoms with Gasteiger partial charge < -0.3 is 20.5 Å². The lowest BCUT2D eigenvalue weighted by molar-refractivity contribution is -0.139. The van der Waals surface area contributed by atoms with Crippen LogP contribution in [-0.2, 0) is 11.2 Å². The Morgan fingerprint density at radius 2 is 1.54 bits per heavy atom. The molecule has 146 valence electrons.